The van der Waals surface area contributed by atoms with E-state index in [1.54, 1.807) is 14.1 Å². The molecule has 5 nitrogen and oxygen atoms in total. The number of carbonyl (C=O) groups excluding carboxylic acids is 1. The third kappa shape index (κ3) is 8.11. The lowest BCUT2D eigenvalue weighted by molar-refractivity contribution is -0.127. The van der Waals surface area contributed by atoms with Gasteiger partial charge in [0.1, 0.15) is 0 Å². The normalized spacial score (nSPS) is 10.6. The Hall–Kier alpha value is -1.02. The Morgan fingerprint density at radius 2 is 2.05 bits per heavy atom. The fraction of sp³-hybridized carbons (Fsp3) is 0.429. The number of aliphatic imine (C=N–C) groups is 1. The van der Waals surface area contributed by atoms with E-state index in [9.17, 15) is 4.79 Å². The van der Waals surface area contributed by atoms with Gasteiger partial charge in [-0.05, 0) is 24.6 Å². The van der Waals surface area contributed by atoms with Gasteiger partial charge in [-0.15, -0.1) is 24.0 Å². The van der Waals surface area contributed by atoms with Crippen molar-refractivity contribution < 1.29 is 4.79 Å². The molecule has 1 aromatic carbocycles. The third-order valence-corrected chi connectivity index (χ3v) is 2.79. The van der Waals surface area contributed by atoms with Crippen LogP contribution >= 0.6 is 35.6 Å². The molecule has 0 saturated carbocycles. The Labute approximate surface area is 148 Å². The standard InChI is InChI=1S/C14H21ClN4O.HI/c1-4-16-14(18-10-13(20)19(2)3)17-9-11-6-5-7-12(15)8-11;/h5-8H,4,9-10H2,1-3H3,(H2,16,17,18);1H. The highest BCUT2D eigenvalue weighted by molar-refractivity contribution is 14.0. The van der Waals surface area contributed by atoms with Gasteiger partial charge in [0.15, 0.2) is 5.96 Å². The first-order chi connectivity index (χ1) is 9.52. The van der Waals surface area contributed by atoms with Crippen molar-refractivity contribution in [1.82, 2.24) is 15.5 Å². The quantitative estimate of drug-likeness (QED) is 0.432. The molecular weight excluding hydrogens is 403 g/mol. The molecule has 0 bridgehead atoms. The van der Waals surface area contributed by atoms with Crippen molar-refractivity contribution in [3.8, 4) is 0 Å². The number of hydrogen-bond donors (Lipinski definition) is 2. The van der Waals surface area contributed by atoms with E-state index < -0.39 is 0 Å². The fourth-order valence-electron chi connectivity index (χ4n) is 1.46. The third-order valence-electron chi connectivity index (χ3n) is 2.56. The zero-order valence-corrected chi connectivity index (χ0v) is 15.6. The van der Waals surface area contributed by atoms with E-state index in [0.717, 1.165) is 12.1 Å². The monoisotopic (exact) mass is 424 g/mol. The van der Waals surface area contributed by atoms with Crippen LogP contribution < -0.4 is 10.6 Å². The molecule has 0 heterocycles. The van der Waals surface area contributed by atoms with E-state index in [4.69, 9.17) is 11.6 Å². The van der Waals surface area contributed by atoms with Crippen molar-refractivity contribution in [1.29, 1.82) is 0 Å². The van der Waals surface area contributed by atoms with Crippen molar-refractivity contribution in [2.24, 2.45) is 4.99 Å². The first-order valence-corrected chi connectivity index (χ1v) is 6.87. The summed E-state index contributed by atoms with van der Waals surface area (Å²) in [6.07, 6.45) is 0. The van der Waals surface area contributed by atoms with Gasteiger partial charge in [-0.2, -0.15) is 0 Å². The van der Waals surface area contributed by atoms with Gasteiger partial charge >= 0.3 is 0 Å². The van der Waals surface area contributed by atoms with Gasteiger partial charge in [0.05, 0.1) is 13.1 Å². The number of benzene rings is 1. The second kappa shape index (κ2) is 10.7. The van der Waals surface area contributed by atoms with Crippen LogP contribution in [0.1, 0.15) is 12.5 Å². The van der Waals surface area contributed by atoms with E-state index in [2.05, 4.69) is 15.6 Å². The van der Waals surface area contributed by atoms with Crippen LogP contribution in [-0.2, 0) is 11.3 Å². The highest BCUT2D eigenvalue weighted by Gasteiger charge is 2.05. The predicted octanol–water partition coefficient (Wildman–Crippen LogP) is 2.10. The summed E-state index contributed by atoms with van der Waals surface area (Å²) in [5, 5.41) is 6.79. The maximum Gasteiger partial charge on any atom is 0.241 e. The summed E-state index contributed by atoms with van der Waals surface area (Å²) in [7, 11) is 3.44. The number of halogens is 2. The van der Waals surface area contributed by atoms with Crippen molar-refractivity contribution in [3.05, 3.63) is 34.9 Å². The molecule has 21 heavy (non-hydrogen) atoms. The maximum absolute atomic E-state index is 11.5. The second-order valence-electron chi connectivity index (χ2n) is 4.47. The molecule has 118 valence electrons. The molecule has 1 amide bonds. The first kappa shape index (κ1) is 20.0. The predicted molar refractivity (Wildman–Crippen MR) is 98.4 cm³/mol. The molecule has 0 aliphatic heterocycles. The summed E-state index contributed by atoms with van der Waals surface area (Å²) in [5.74, 6) is 0.612. The minimum absolute atomic E-state index is 0. The molecule has 0 radical (unpaired) electrons. The Morgan fingerprint density at radius 3 is 2.62 bits per heavy atom. The molecule has 0 spiro atoms. The zero-order chi connectivity index (χ0) is 15.0. The van der Waals surface area contributed by atoms with Crippen LogP contribution in [0.4, 0.5) is 0 Å². The SMILES string of the molecule is CCNC(=NCc1cccc(Cl)c1)NCC(=O)N(C)C.I. The van der Waals surface area contributed by atoms with Crippen LogP contribution in [0.15, 0.2) is 29.3 Å². The van der Waals surface area contributed by atoms with E-state index in [0.29, 0.717) is 17.5 Å². The van der Waals surface area contributed by atoms with Crippen LogP contribution in [0.3, 0.4) is 0 Å². The number of nitrogens with zero attached hydrogens (tertiary/aromatic N) is 2. The first-order valence-electron chi connectivity index (χ1n) is 6.49. The fourth-order valence-corrected chi connectivity index (χ4v) is 1.68. The molecule has 0 fully saturated rings. The summed E-state index contributed by atoms with van der Waals surface area (Å²) in [6.45, 7) is 3.43. The molecule has 7 heteroatoms. The van der Waals surface area contributed by atoms with Crippen LogP contribution in [0, 0.1) is 0 Å². The van der Waals surface area contributed by atoms with Crippen LogP contribution in [0.5, 0.6) is 0 Å². The molecule has 1 rings (SSSR count). The highest BCUT2D eigenvalue weighted by atomic mass is 127. The lowest BCUT2D eigenvalue weighted by Crippen LogP contribution is -2.42. The average molecular weight is 425 g/mol. The molecule has 0 aliphatic carbocycles. The summed E-state index contributed by atoms with van der Waals surface area (Å²) in [6, 6.07) is 7.56. The van der Waals surface area contributed by atoms with E-state index in [1.807, 2.05) is 31.2 Å². The van der Waals surface area contributed by atoms with Crippen LogP contribution in [0.2, 0.25) is 5.02 Å². The molecule has 0 atom stereocenters. The Bertz CT molecular complexity index is 480. The number of nitrogens with one attached hydrogen (secondary N) is 2. The lowest BCUT2D eigenvalue weighted by Gasteiger charge is -2.14. The minimum atomic E-state index is -0.00152. The van der Waals surface area contributed by atoms with Gasteiger partial charge in [0.25, 0.3) is 0 Å². The number of carbonyl (C=O) groups is 1. The Balaban J connectivity index is 0.00000400. The largest absolute Gasteiger partial charge is 0.357 e. The van der Waals surface area contributed by atoms with Crippen LogP contribution in [-0.4, -0.2) is 44.0 Å². The number of guanidine groups is 1. The van der Waals surface area contributed by atoms with Gasteiger partial charge in [-0.1, -0.05) is 23.7 Å². The zero-order valence-electron chi connectivity index (χ0n) is 12.5. The smallest absolute Gasteiger partial charge is 0.241 e. The molecule has 0 aliphatic rings. The maximum atomic E-state index is 11.5. The van der Waals surface area contributed by atoms with E-state index in [1.165, 1.54) is 4.90 Å². The number of rotatable bonds is 5. The van der Waals surface area contributed by atoms with E-state index in [-0.39, 0.29) is 36.4 Å². The molecule has 0 unspecified atom stereocenters. The molecule has 1 aromatic rings. The lowest BCUT2D eigenvalue weighted by atomic mass is 10.2. The molecular formula is C14H22ClIN4O. The van der Waals surface area contributed by atoms with Gasteiger partial charge < -0.3 is 15.5 Å². The molecule has 0 aromatic heterocycles. The molecule has 0 saturated heterocycles. The van der Waals surface area contributed by atoms with Crippen LogP contribution in [0.25, 0.3) is 0 Å². The van der Waals surface area contributed by atoms with Crippen molar-refractivity contribution in [3.63, 3.8) is 0 Å². The minimum Gasteiger partial charge on any atom is -0.357 e. The Morgan fingerprint density at radius 1 is 1.33 bits per heavy atom. The number of hydrogen-bond acceptors (Lipinski definition) is 2. The molecule has 2 N–H and O–H groups in total. The van der Waals surface area contributed by atoms with Gasteiger partial charge in [0.2, 0.25) is 5.91 Å². The average Bonchev–Trinajstić information content (AvgIpc) is 2.41. The van der Waals surface area contributed by atoms with Gasteiger partial charge in [-0.3, -0.25) is 4.79 Å². The second-order valence-corrected chi connectivity index (χ2v) is 4.90. The summed E-state index contributed by atoms with van der Waals surface area (Å²) in [4.78, 5) is 17.5. The summed E-state index contributed by atoms with van der Waals surface area (Å²) in [5.41, 5.74) is 1.02. The van der Waals surface area contributed by atoms with Crippen molar-refractivity contribution in [2.45, 2.75) is 13.5 Å². The number of likely N-dealkylation sites (N-methyl/N-ethyl adjacent to an activating group) is 1. The number of amides is 1. The highest BCUT2D eigenvalue weighted by Crippen LogP contribution is 2.11. The van der Waals surface area contributed by atoms with Crippen molar-refractivity contribution in [2.75, 3.05) is 27.2 Å². The summed E-state index contributed by atoms with van der Waals surface area (Å²) >= 11 is 5.93. The topological polar surface area (TPSA) is 56.7 Å². The van der Waals surface area contributed by atoms with Crippen molar-refractivity contribution >= 4 is 47.4 Å². The Kier molecular flexibility index (Phi) is 10.2. The summed E-state index contributed by atoms with van der Waals surface area (Å²) < 4.78 is 0. The van der Waals surface area contributed by atoms with Gasteiger partial charge in [0, 0.05) is 25.7 Å². The van der Waals surface area contributed by atoms with Gasteiger partial charge in [-0.25, -0.2) is 4.99 Å². The van der Waals surface area contributed by atoms with E-state index >= 15 is 0 Å².